The molecule has 1 heterocycles. The second-order valence-electron chi connectivity index (χ2n) is 10.2. The van der Waals surface area contributed by atoms with Crippen molar-refractivity contribution >= 4 is 5.83 Å². The molecule has 3 nitrogen and oxygen atoms in total. The first-order chi connectivity index (χ1) is 19.4. The summed E-state index contributed by atoms with van der Waals surface area (Å²) in [4.78, 5) is 0. The van der Waals surface area contributed by atoms with E-state index in [0.717, 1.165) is 12.8 Å². The van der Waals surface area contributed by atoms with Crippen LogP contribution >= 0.6 is 0 Å². The molecule has 0 aromatic heterocycles. The third kappa shape index (κ3) is 7.09. The standard InChI is InChI=1S/C29H27F9O3/c1-2-3-4-15-13-39-28(40-14-15)17-7-5-16(6-8-17)25(34)26(35)18-9-20(30)24(21(31)10-18)29(37,38)41-19-11-22(32)27(36)23(33)12-19/h2,9-12,15-17,28H,1,3-8,13-14H2/b26-25+. The Morgan fingerprint density at radius 1 is 0.878 bits per heavy atom. The van der Waals surface area contributed by atoms with E-state index >= 15 is 4.39 Å². The Balaban J connectivity index is 1.43. The van der Waals surface area contributed by atoms with E-state index in [2.05, 4.69) is 11.3 Å². The molecular formula is C29H27F9O3. The van der Waals surface area contributed by atoms with Gasteiger partial charge in [0.1, 0.15) is 28.8 Å². The number of alkyl halides is 2. The number of halogens is 9. The van der Waals surface area contributed by atoms with E-state index in [9.17, 15) is 35.1 Å². The molecule has 41 heavy (non-hydrogen) atoms. The van der Waals surface area contributed by atoms with Crippen LogP contribution in [0.3, 0.4) is 0 Å². The Bertz CT molecular complexity index is 1230. The first-order valence-electron chi connectivity index (χ1n) is 13.0. The van der Waals surface area contributed by atoms with Gasteiger partial charge in [0.2, 0.25) is 0 Å². The Morgan fingerprint density at radius 2 is 1.44 bits per heavy atom. The average Bonchev–Trinajstić information content (AvgIpc) is 2.93. The molecular weight excluding hydrogens is 567 g/mol. The molecule has 224 valence electrons. The molecule has 2 aromatic carbocycles. The van der Waals surface area contributed by atoms with E-state index in [-0.39, 0.29) is 48.9 Å². The zero-order chi connectivity index (χ0) is 29.9. The maximum Gasteiger partial charge on any atom is 0.432 e. The molecule has 1 aliphatic heterocycles. The van der Waals surface area contributed by atoms with Gasteiger partial charge in [0.05, 0.1) is 13.2 Å². The van der Waals surface area contributed by atoms with Gasteiger partial charge in [-0.25, -0.2) is 30.7 Å². The molecule has 0 bridgehead atoms. The Kier molecular flexibility index (Phi) is 9.73. The van der Waals surface area contributed by atoms with Gasteiger partial charge in [-0.2, -0.15) is 8.78 Å². The summed E-state index contributed by atoms with van der Waals surface area (Å²) >= 11 is 0. The van der Waals surface area contributed by atoms with Crippen molar-refractivity contribution in [2.45, 2.75) is 50.9 Å². The molecule has 0 spiro atoms. The molecule has 0 N–H and O–H groups in total. The van der Waals surface area contributed by atoms with Gasteiger partial charge in [-0.05, 0) is 50.7 Å². The summed E-state index contributed by atoms with van der Waals surface area (Å²) in [5, 5.41) is 0. The molecule has 2 fully saturated rings. The quantitative estimate of drug-likeness (QED) is 0.165. The van der Waals surface area contributed by atoms with Crippen LogP contribution in [0.5, 0.6) is 5.75 Å². The Hall–Kier alpha value is -2.99. The molecule has 0 atom stereocenters. The average molecular weight is 595 g/mol. The first kappa shape index (κ1) is 31.0. The van der Waals surface area contributed by atoms with E-state index in [1.54, 1.807) is 0 Å². The van der Waals surface area contributed by atoms with Gasteiger partial charge in [-0.1, -0.05) is 6.08 Å². The van der Waals surface area contributed by atoms with Crippen LogP contribution in [0.15, 0.2) is 42.7 Å². The predicted molar refractivity (Wildman–Crippen MR) is 130 cm³/mol. The van der Waals surface area contributed by atoms with Crippen molar-refractivity contribution in [3.63, 3.8) is 0 Å². The minimum Gasteiger partial charge on any atom is -0.429 e. The van der Waals surface area contributed by atoms with E-state index in [0.29, 0.717) is 26.1 Å². The number of benzene rings is 2. The molecule has 0 radical (unpaired) electrons. The van der Waals surface area contributed by atoms with Crippen LogP contribution < -0.4 is 4.74 Å². The second kappa shape index (κ2) is 12.9. The number of rotatable bonds is 9. The van der Waals surface area contributed by atoms with Gasteiger partial charge < -0.3 is 14.2 Å². The lowest BCUT2D eigenvalue weighted by Crippen LogP contribution is -2.38. The number of ether oxygens (including phenoxy) is 3. The molecule has 1 saturated heterocycles. The highest BCUT2D eigenvalue weighted by molar-refractivity contribution is 5.62. The second-order valence-corrected chi connectivity index (χ2v) is 10.2. The smallest absolute Gasteiger partial charge is 0.429 e. The number of hydrogen-bond donors (Lipinski definition) is 0. The molecule has 1 saturated carbocycles. The fourth-order valence-corrected chi connectivity index (χ4v) is 5.08. The van der Waals surface area contributed by atoms with Crippen LogP contribution in [-0.2, 0) is 15.6 Å². The van der Waals surface area contributed by atoms with Crippen LogP contribution in [-0.4, -0.2) is 19.5 Å². The van der Waals surface area contributed by atoms with Crippen molar-refractivity contribution < 1.29 is 53.7 Å². The van der Waals surface area contributed by atoms with E-state index in [1.807, 2.05) is 6.08 Å². The van der Waals surface area contributed by atoms with Crippen LogP contribution in [0.4, 0.5) is 39.5 Å². The third-order valence-electron chi connectivity index (χ3n) is 7.29. The predicted octanol–water partition coefficient (Wildman–Crippen LogP) is 8.88. The van der Waals surface area contributed by atoms with Gasteiger partial charge in [0.15, 0.2) is 29.6 Å². The number of hydrogen-bond acceptors (Lipinski definition) is 3. The van der Waals surface area contributed by atoms with Crippen molar-refractivity contribution in [3.8, 4) is 5.75 Å². The Labute approximate surface area is 230 Å². The zero-order valence-corrected chi connectivity index (χ0v) is 21.7. The molecule has 12 heteroatoms. The maximum atomic E-state index is 15.0. The van der Waals surface area contributed by atoms with Crippen LogP contribution in [0, 0.1) is 46.8 Å². The normalized spacial score (nSPS) is 24.1. The monoisotopic (exact) mass is 594 g/mol. The topological polar surface area (TPSA) is 27.7 Å². The largest absolute Gasteiger partial charge is 0.432 e. The summed E-state index contributed by atoms with van der Waals surface area (Å²) in [5.74, 6) is -14.6. The van der Waals surface area contributed by atoms with Crippen molar-refractivity contribution in [1.82, 2.24) is 0 Å². The summed E-state index contributed by atoms with van der Waals surface area (Å²) in [7, 11) is 0. The van der Waals surface area contributed by atoms with E-state index in [4.69, 9.17) is 9.47 Å². The number of allylic oxidation sites excluding steroid dienone is 2. The lowest BCUT2D eigenvalue weighted by atomic mass is 9.80. The summed E-state index contributed by atoms with van der Waals surface area (Å²) in [6.07, 6.45) is -0.468. The van der Waals surface area contributed by atoms with Crippen molar-refractivity contribution in [3.05, 3.63) is 83.0 Å². The minimum absolute atomic E-state index is 0.0399. The van der Waals surface area contributed by atoms with Crippen molar-refractivity contribution in [1.29, 1.82) is 0 Å². The maximum absolute atomic E-state index is 15.0. The molecule has 1 aliphatic carbocycles. The molecule has 0 unspecified atom stereocenters. The highest BCUT2D eigenvalue weighted by atomic mass is 19.3. The van der Waals surface area contributed by atoms with Gasteiger partial charge in [-0.3, -0.25) is 0 Å². The highest BCUT2D eigenvalue weighted by Gasteiger charge is 2.42. The van der Waals surface area contributed by atoms with E-state index in [1.165, 1.54) is 0 Å². The summed E-state index contributed by atoms with van der Waals surface area (Å²) in [6.45, 7) is 4.73. The molecule has 2 aromatic rings. The lowest BCUT2D eigenvalue weighted by molar-refractivity contribution is -0.229. The highest BCUT2D eigenvalue weighted by Crippen LogP contribution is 2.42. The van der Waals surface area contributed by atoms with Crippen molar-refractivity contribution in [2.75, 3.05) is 13.2 Å². The summed E-state index contributed by atoms with van der Waals surface area (Å²) in [5.41, 5.74) is -2.97. The van der Waals surface area contributed by atoms with E-state index < -0.39 is 75.9 Å². The van der Waals surface area contributed by atoms with Gasteiger partial charge in [0, 0.05) is 35.4 Å². The summed E-state index contributed by atoms with van der Waals surface area (Å²) in [6, 6.07) is 0.427. The first-order valence-corrected chi connectivity index (χ1v) is 13.0. The fourth-order valence-electron chi connectivity index (χ4n) is 5.08. The van der Waals surface area contributed by atoms with Gasteiger partial charge >= 0.3 is 6.11 Å². The van der Waals surface area contributed by atoms with Gasteiger partial charge in [-0.15, -0.1) is 6.58 Å². The van der Waals surface area contributed by atoms with Crippen LogP contribution in [0.1, 0.15) is 49.7 Å². The van der Waals surface area contributed by atoms with Crippen LogP contribution in [0.2, 0.25) is 0 Å². The molecule has 2 aliphatic rings. The molecule has 0 amide bonds. The Morgan fingerprint density at radius 3 is 1.98 bits per heavy atom. The summed E-state index contributed by atoms with van der Waals surface area (Å²) < 4.78 is 144. The third-order valence-corrected chi connectivity index (χ3v) is 7.29. The van der Waals surface area contributed by atoms with Crippen LogP contribution in [0.25, 0.3) is 5.83 Å². The molecule has 4 rings (SSSR count). The van der Waals surface area contributed by atoms with Gasteiger partial charge in [0.25, 0.3) is 0 Å². The SMILES string of the molecule is C=CCCC1COC(C2CCC(/C(F)=C(\F)c3cc(F)c(C(F)(F)Oc4cc(F)c(F)c(F)c4)c(F)c3)CC2)OC1. The minimum atomic E-state index is -4.85. The lowest BCUT2D eigenvalue weighted by Gasteiger charge is -2.37. The zero-order valence-electron chi connectivity index (χ0n) is 21.7. The van der Waals surface area contributed by atoms with Crippen molar-refractivity contribution in [2.24, 2.45) is 17.8 Å². The fraction of sp³-hybridized carbons (Fsp3) is 0.448.